The van der Waals surface area contributed by atoms with Crippen LogP contribution in [0.4, 0.5) is 0 Å². The van der Waals surface area contributed by atoms with Crippen LogP contribution >= 0.6 is 11.3 Å². The van der Waals surface area contributed by atoms with Crippen molar-refractivity contribution < 1.29 is 4.42 Å². The van der Waals surface area contributed by atoms with Crippen LogP contribution in [-0.4, -0.2) is 19.5 Å². The number of rotatable bonds is 4. The van der Waals surface area contributed by atoms with Gasteiger partial charge in [-0.3, -0.25) is 0 Å². The minimum absolute atomic E-state index is 0.582. The number of para-hydroxylation sites is 1. The molecule has 0 bridgehead atoms. The van der Waals surface area contributed by atoms with Crippen molar-refractivity contribution in [1.82, 2.24) is 19.5 Å². The fourth-order valence-corrected chi connectivity index (χ4v) is 10.2. The average Bonchev–Trinajstić information content (AvgIpc) is 3.97. The van der Waals surface area contributed by atoms with Gasteiger partial charge < -0.3 is 8.98 Å². The summed E-state index contributed by atoms with van der Waals surface area (Å²) >= 11 is 1.81. The third kappa shape index (κ3) is 4.94. The van der Waals surface area contributed by atoms with E-state index in [4.69, 9.17) is 19.4 Å². The van der Waals surface area contributed by atoms with Gasteiger partial charge in [-0.15, -0.1) is 11.3 Å². The molecule has 13 rings (SSSR count). The van der Waals surface area contributed by atoms with Gasteiger partial charge in [-0.25, -0.2) is 15.0 Å². The normalized spacial score (nSPS) is 12.1. The van der Waals surface area contributed by atoms with Crippen molar-refractivity contribution in [3.05, 3.63) is 182 Å². The Morgan fingerprint density at radius 2 is 1.08 bits per heavy atom. The molecule has 0 saturated carbocycles. The van der Waals surface area contributed by atoms with Crippen molar-refractivity contribution in [3.63, 3.8) is 0 Å². The minimum Gasteiger partial charge on any atom is -0.455 e. The van der Waals surface area contributed by atoms with Gasteiger partial charge in [-0.2, -0.15) is 0 Å². The molecule has 5 nitrogen and oxygen atoms in total. The van der Waals surface area contributed by atoms with Gasteiger partial charge in [-0.1, -0.05) is 121 Å². The van der Waals surface area contributed by atoms with E-state index in [1.54, 1.807) is 11.3 Å². The summed E-state index contributed by atoms with van der Waals surface area (Å²) in [6, 6.07) is 64.4. The number of benzene rings is 9. The first-order valence-corrected chi connectivity index (χ1v) is 20.6. The van der Waals surface area contributed by atoms with E-state index >= 15 is 0 Å². The Bertz CT molecular complexity index is 3860. The summed E-state index contributed by atoms with van der Waals surface area (Å²) in [6.07, 6.45) is 0. The van der Waals surface area contributed by atoms with Crippen LogP contribution in [0.5, 0.6) is 0 Å². The molecule has 13 aromatic rings. The molecule has 0 aliphatic carbocycles. The molecular weight excluding hydrogens is 741 g/mol. The number of aromatic nitrogens is 4. The largest absolute Gasteiger partial charge is 0.455 e. The maximum atomic E-state index is 6.99. The highest BCUT2D eigenvalue weighted by molar-refractivity contribution is 7.25. The van der Waals surface area contributed by atoms with Crippen LogP contribution in [0.2, 0.25) is 0 Å². The predicted octanol–water partition coefficient (Wildman–Crippen LogP) is 14.5. The van der Waals surface area contributed by atoms with Gasteiger partial charge in [0.2, 0.25) is 0 Å². The van der Waals surface area contributed by atoms with E-state index in [2.05, 4.69) is 168 Å². The van der Waals surface area contributed by atoms with Crippen molar-refractivity contribution in [1.29, 1.82) is 0 Å². The maximum absolute atomic E-state index is 6.99. The molecule has 0 N–H and O–H groups in total. The van der Waals surface area contributed by atoms with Gasteiger partial charge in [0, 0.05) is 69.9 Å². The Kier molecular flexibility index (Phi) is 6.82. The zero-order valence-electron chi connectivity index (χ0n) is 31.4. The van der Waals surface area contributed by atoms with Gasteiger partial charge in [0.25, 0.3) is 0 Å². The molecule has 0 unspecified atom stereocenters. The van der Waals surface area contributed by atoms with Crippen LogP contribution in [0, 0.1) is 0 Å². The molecule has 0 aliphatic heterocycles. The third-order valence-corrected chi connectivity index (χ3v) is 12.9. The Labute approximate surface area is 341 Å². The quantitative estimate of drug-likeness (QED) is 0.179. The average molecular weight is 771 g/mol. The first-order valence-electron chi connectivity index (χ1n) is 19.8. The molecule has 0 amide bonds. The van der Waals surface area contributed by atoms with Crippen LogP contribution in [0.3, 0.4) is 0 Å². The highest BCUT2D eigenvalue weighted by Crippen LogP contribution is 2.43. The summed E-state index contributed by atoms with van der Waals surface area (Å²) in [5.74, 6) is 1.81. The SMILES string of the molecule is c1ccc(-c2nc(-c3ccc4sc5ccccc5c4c3)nc(-c3cc(-n4c5ccccc5c5cc6ccccc6cc54)cc4oc5c6ccccc6ccc5c34)n2)cc1. The highest BCUT2D eigenvalue weighted by atomic mass is 32.1. The van der Waals surface area contributed by atoms with Crippen LogP contribution in [0.25, 0.3) is 125 Å². The number of hydrogen-bond donors (Lipinski definition) is 0. The first-order chi connectivity index (χ1) is 29.2. The van der Waals surface area contributed by atoms with Crippen molar-refractivity contribution >= 4 is 96.8 Å². The van der Waals surface area contributed by atoms with Crippen molar-refractivity contribution in [2.75, 3.05) is 0 Å². The molecule has 0 atom stereocenters. The lowest BCUT2D eigenvalue weighted by molar-refractivity contribution is 0.672. The number of hydrogen-bond acceptors (Lipinski definition) is 5. The molecular formula is C53H30N4OS. The highest BCUT2D eigenvalue weighted by Gasteiger charge is 2.23. The molecule has 0 fully saturated rings. The van der Waals surface area contributed by atoms with Crippen LogP contribution < -0.4 is 0 Å². The van der Waals surface area contributed by atoms with Crippen molar-refractivity contribution in [2.45, 2.75) is 0 Å². The Balaban J connectivity index is 1.14. The summed E-state index contributed by atoms with van der Waals surface area (Å²) in [5.41, 5.74) is 7.54. The van der Waals surface area contributed by atoms with Crippen LogP contribution in [0.15, 0.2) is 186 Å². The molecule has 0 aliphatic rings. The smallest absolute Gasteiger partial charge is 0.164 e. The zero-order valence-corrected chi connectivity index (χ0v) is 32.2. The molecule has 4 aromatic heterocycles. The van der Waals surface area contributed by atoms with Crippen LogP contribution in [-0.2, 0) is 0 Å². The number of thiophene rings is 1. The van der Waals surface area contributed by atoms with E-state index in [0.717, 1.165) is 66.1 Å². The Morgan fingerprint density at radius 3 is 1.95 bits per heavy atom. The van der Waals surface area contributed by atoms with Crippen LogP contribution in [0.1, 0.15) is 0 Å². The fourth-order valence-electron chi connectivity index (χ4n) is 9.06. The van der Waals surface area contributed by atoms with E-state index in [1.165, 1.54) is 41.7 Å². The maximum Gasteiger partial charge on any atom is 0.164 e. The fraction of sp³-hybridized carbons (Fsp3) is 0. The molecule has 4 heterocycles. The topological polar surface area (TPSA) is 56.7 Å². The summed E-state index contributed by atoms with van der Waals surface area (Å²) in [7, 11) is 0. The van der Waals surface area contributed by atoms with Gasteiger partial charge in [0.1, 0.15) is 11.2 Å². The number of nitrogens with zero attached hydrogens (tertiary/aromatic N) is 4. The lowest BCUT2D eigenvalue weighted by Gasteiger charge is -2.13. The Morgan fingerprint density at radius 1 is 0.407 bits per heavy atom. The number of furan rings is 1. The van der Waals surface area contributed by atoms with Crippen molar-refractivity contribution in [3.8, 4) is 39.9 Å². The standard InChI is InChI=1S/C53H30N4OS/c1-2-13-32(14-3-1)51-54-52(35-23-25-48-42(27-35)39-19-9-11-21-47(39)59-48)56-53(55-51)43-29-36(30-46-49(43)40-24-22-31-12-6-7-17-37(31)50(40)58-46)57-44-20-10-8-18-38(44)41-26-33-15-4-5-16-34(33)28-45(41)57/h1-30H. The molecule has 0 spiro atoms. The van der Waals surface area contributed by atoms with Gasteiger partial charge in [0.05, 0.1) is 16.7 Å². The van der Waals surface area contributed by atoms with Gasteiger partial charge in [-0.05, 0) is 70.8 Å². The van der Waals surface area contributed by atoms with Crippen molar-refractivity contribution in [2.24, 2.45) is 0 Å². The third-order valence-electron chi connectivity index (χ3n) is 11.8. The number of fused-ring (bicyclic) bond motifs is 12. The second kappa shape index (κ2) is 12.4. The van der Waals surface area contributed by atoms with E-state index in [-0.39, 0.29) is 0 Å². The van der Waals surface area contributed by atoms with Gasteiger partial charge in [0.15, 0.2) is 17.5 Å². The monoisotopic (exact) mass is 770 g/mol. The second-order valence-electron chi connectivity index (χ2n) is 15.2. The molecule has 6 heteroatoms. The van der Waals surface area contributed by atoms with E-state index in [1.807, 2.05) is 18.2 Å². The molecule has 0 radical (unpaired) electrons. The molecule has 0 saturated heterocycles. The van der Waals surface area contributed by atoms with E-state index in [9.17, 15) is 0 Å². The van der Waals surface area contributed by atoms with E-state index in [0.29, 0.717) is 17.5 Å². The predicted molar refractivity (Wildman–Crippen MR) is 246 cm³/mol. The minimum atomic E-state index is 0.582. The summed E-state index contributed by atoms with van der Waals surface area (Å²) < 4.78 is 11.8. The molecule has 9 aromatic carbocycles. The first kappa shape index (κ1) is 32.4. The lowest BCUT2D eigenvalue weighted by Crippen LogP contribution is -2.01. The van der Waals surface area contributed by atoms with E-state index < -0.39 is 0 Å². The van der Waals surface area contributed by atoms with Gasteiger partial charge >= 0.3 is 0 Å². The zero-order chi connectivity index (χ0) is 38.6. The lowest BCUT2D eigenvalue weighted by atomic mass is 10.0. The summed E-state index contributed by atoms with van der Waals surface area (Å²) in [6.45, 7) is 0. The Hall–Kier alpha value is -7.67. The molecule has 274 valence electrons. The summed E-state index contributed by atoms with van der Waals surface area (Å²) in [4.78, 5) is 15.9. The molecule has 59 heavy (non-hydrogen) atoms. The second-order valence-corrected chi connectivity index (χ2v) is 16.3. The summed E-state index contributed by atoms with van der Waals surface area (Å²) in [5, 5.41) is 11.4.